The van der Waals surface area contributed by atoms with Gasteiger partial charge < -0.3 is 18.5 Å². The van der Waals surface area contributed by atoms with Gasteiger partial charge in [0.05, 0.1) is 18.1 Å². The first-order valence-electron chi connectivity index (χ1n) is 10.3. The van der Waals surface area contributed by atoms with Gasteiger partial charge in [0.2, 0.25) is 5.89 Å². The van der Waals surface area contributed by atoms with Gasteiger partial charge in [0.15, 0.2) is 12.0 Å². The fourth-order valence-electron chi connectivity index (χ4n) is 3.73. The van der Waals surface area contributed by atoms with Gasteiger partial charge in [-0.1, -0.05) is 24.3 Å². The highest BCUT2D eigenvalue weighted by molar-refractivity contribution is 5.94. The van der Waals surface area contributed by atoms with E-state index in [4.69, 9.17) is 13.9 Å². The fraction of sp³-hybridized carbons (Fsp3) is 0.120. The number of carbonyl (C=O) groups excluding carboxylic acids is 1. The smallest absolute Gasteiger partial charge is 0.326 e. The fourth-order valence-corrected chi connectivity index (χ4v) is 3.73. The van der Waals surface area contributed by atoms with Crippen LogP contribution in [0.25, 0.3) is 33.3 Å². The second kappa shape index (κ2) is 8.58. The SMILES string of the molecule is COc1ccc(-c2nnc(COC(=O)Cn3c4ccccc4c(=O)c4ccccc43)o2)cc1. The Hall–Kier alpha value is -4.46. The second-order valence-corrected chi connectivity index (χ2v) is 7.34. The topological polar surface area (TPSA) is 96.5 Å². The maximum Gasteiger partial charge on any atom is 0.326 e. The molecule has 164 valence electrons. The van der Waals surface area contributed by atoms with Crippen LogP contribution in [0.1, 0.15) is 5.89 Å². The highest BCUT2D eigenvalue weighted by Crippen LogP contribution is 2.22. The zero-order chi connectivity index (χ0) is 22.8. The molecule has 0 radical (unpaired) electrons. The number of para-hydroxylation sites is 2. The van der Waals surface area contributed by atoms with Crippen molar-refractivity contribution >= 4 is 27.8 Å². The van der Waals surface area contributed by atoms with Crippen LogP contribution in [0, 0.1) is 0 Å². The van der Waals surface area contributed by atoms with Crippen molar-refractivity contribution in [3.8, 4) is 17.2 Å². The molecule has 0 saturated carbocycles. The largest absolute Gasteiger partial charge is 0.497 e. The second-order valence-electron chi connectivity index (χ2n) is 7.34. The molecule has 0 N–H and O–H groups in total. The summed E-state index contributed by atoms with van der Waals surface area (Å²) in [4.78, 5) is 25.5. The molecule has 0 fully saturated rings. The van der Waals surface area contributed by atoms with Crippen LogP contribution in [-0.4, -0.2) is 27.8 Å². The zero-order valence-corrected chi connectivity index (χ0v) is 17.7. The number of carbonyl (C=O) groups is 1. The first-order valence-corrected chi connectivity index (χ1v) is 10.3. The number of hydrogen-bond donors (Lipinski definition) is 0. The zero-order valence-electron chi connectivity index (χ0n) is 17.7. The lowest BCUT2D eigenvalue weighted by atomic mass is 10.1. The van der Waals surface area contributed by atoms with Crippen molar-refractivity contribution in [1.29, 1.82) is 0 Å². The van der Waals surface area contributed by atoms with Crippen LogP contribution in [0.3, 0.4) is 0 Å². The minimum atomic E-state index is -0.488. The average Bonchev–Trinajstić information content (AvgIpc) is 3.34. The van der Waals surface area contributed by atoms with Gasteiger partial charge in [-0.15, -0.1) is 10.2 Å². The van der Waals surface area contributed by atoms with E-state index >= 15 is 0 Å². The average molecular weight is 441 g/mol. The third-order valence-electron chi connectivity index (χ3n) is 5.33. The van der Waals surface area contributed by atoms with Gasteiger partial charge in [0, 0.05) is 16.3 Å². The molecule has 3 aromatic carbocycles. The highest BCUT2D eigenvalue weighted by atomic mass is 16.5. The lowest BCUT2D eigenvalue weighted by molar-refractivity contribution is -0.146. The lowest BCUT2D eigenvalue weighted by Crippen LogP contribution is -2.18. The first kappa shape index (κ1) is 20.4. The van der Waals surface area contributed by atoms with Crippen molar-refractivity contribution in [2.24, 2.45) is 0 Å². The number of hydrogen-bond acceptors (Lipinski definition) is 7. The van der Waals surface area contributed by atoms with Gasteiger partial charge in [-0.3, -0.25) is 9.59 Å². The predicted molar refractivity (Wildman–Crippen MR) is 122 cm³/mol. The molecule has 0 aliphatic carbocycles. The van der Waals surface area contributed by atoms with Crippen molar-refractivity contribution in [2.75, 3.05) is 7.11 Å². The molecule has 0 atom stereocenters. The summed E-state index contributed by atoms with van der Waals surface area (Å²) in [5.41, 5.74) is 1.99. The summed E-state index contributed by atoms with van der Waals surface area (Å²) in [6.07, 6.45) is 0. The molecule has 0 spiro atoms. The monoisotopic (exact) mass is 441 g/mol. The number of rotatable bonds is 6. The van der Waals surface area contributed by atoms with E-state index in [0.29, 0.717) is 27.7 Å². The normalized spacial score (nSPS) is 11.1. The van der Waals surface area contributed by atoms with Gasteiger partial charge >= 0.3 is 5.97 Å². The van der Waals surface area contributed by atoms with Crippen molar-refractivity contribution in [2.45, 2.75) is 13.2 Å². The lowest BCUT2D eigenvalue weighted by Gasteiger charge is -2.14. The van der Waals surface area contributed by atoms with E-state index in [0.717, 1.165) is 11.3 Å². The number of pyridine rings is 1. The van der Waals surface area contributed by atoms with E-state index in [1.165, 1.54) is 0 Å². The van der Waals surface area contributed by atoms with Gasteiger partial charge in [-0.05, 0) is 48.5 Å². The van der Waals surface area contributed by atoms with E-state index in [2.05, 4.69) is 10.2 Å². The molecular weight excluding hydrogens is 422 g/mol. The summed E-state index contributed by atoms with van der Waals surface area (Å²) in [5.74, 6) is 0.734. The molecule has 5 rings (SSSR count). The van der Waals surface area contributed by atoms with Crippen molar-refractivity contribution in [1.82, 2.24) is 14.8 Å². The molecule has 0 saturated heterocycles. The number of aromatic nitrogens is 3. The quantitative estimate of drug-likeness (QED) is 0.291. The molecule has 33 heavy (non-hydrogen) atoms. The minimum Gasteiger partial charge on any atom is -0.497 e. The van der Waals surface area contributed by atoms with Gasteiger partial charge in [0.1, 0.15) is 12.3 Å². The number of esters is 1. The molecule has 0 aliphatic heterocycles. The summed E-state index contributed by atoms with van der Waals surface area (Å²) in [6.45, 7) is -0.223. The number of nitrogens with zero attached hydrogens (tertiary/aromatic N) is 3. The Bertz CT molecular complexity index is 1460. The van der Waals surface area contributed by atoms with E-state index in [-0.39, 0.29) is 24.5 Å². The Kier molecular flexibility index (Phi) is 5.32. The Morgan fingerprint density at radius 2 is 1.55 bits per heavy atom. The van der Waals surface area contributed by atoms with Crippen molar-refractivity contribution in [3.63, 3.8) is 0 Å². The molecule has 0 unspecified atom stereocenters. The van der Waals surface area contributed by atoms with Gasteiger partial charge in [0.25, 0.3) is 5.89 Å². The Balaban J connectivity index is 1.35. The Morgan fingerprint density at radius 1 is 0.909 bits per heavy atom. The highest BCUT2D eigenvalue weighted by Gasteiger charge is 2.15. The maximum atomic E-state index is 12.8. The summed E-state index contributed by atoms with van der Waals surface area (Å²) in [6, 6.07) is 21.6. The Labute approximate surface area is 188 Å². The van der Waals surface area contributed by atoms with Crippen LogP contribution in [0.5, 0.6) is 5.75 Å². The molecule has 5 aromatic rings. The summed E-state index contributed by atoms with van der Waals surface area (Å²) >= 11 is 0. The predicted octanol–water partition coefficient (Wildman–Crippen LogP) is 3.96. The van der Waals surface area contributed by atoms with Crippen LogP contribution in [0.15, 0.2) is 82.0 Å². The molecule has 0 amide bonds. The molecule has 0 bridgehead atoms. The van der Waals surface area contributed by atoms with E-state index in [1.807, 2.05) is 24.3 Å². The van der Waals surface area contributed by atoms with Crippen molar-refractivity contribution < 1.29 is 18.7 Å². The van der Waals surface area contributed by atoms with Crippen LogP contribution < -0.4 is 10.2 Å². The van der Waals surface area contributed by atoms with E-state index in [1.54, 1.807) is 60.2 Å². The minimum absolute atomic E-state index is 0.0669. The summed E-state index contributed by atoms with van der Waals surface area (Å²) < 4.78 is 17.9. The first-order chi connectivity index (χ1) is 16.1. The van der Waals surface area contributed by atoms with Crippen LogP contribution in [0.2, 0.25) is 0 Å². The maximum absolute atomic E-state index is 12.8. The van der Waals surface area contributed by atoms with Crippen LogP contribution in [-0.2, 0) is 22.7 Å². The third kappa shape index (κ3) is 3.94. The molecule has 2 aromatic heterocycles. The number of ether oxygens (including phenoxy) is 2. The van der Waals surface area contributed by atoms with Crippen molar-refractivity contribution in [3.05, 3.63) is 88.9 Å². The van der Waals surface area contributed by atoms with E-state index in [9.17, 15) is 9.59 Å². The Morgan fingerprint density at radius 3 is 2.18 bits per heavy atom. The third-order valence-corrected chi connectivity index (χ3v) is 5.33. The van der Waals surface area contributed by atoms with Crippen LogP contribution >= 0.6 is 0 Å². The van der Waals surface area contributed by atoms with Gasteiger partial charge in [-0.25, -0.2) is 0 Å². The molecule has 8 nitrogen and oxygen atoms in total. The summed E-state index contributed by atoms with van der Waals surface area (Å²) in [7, 11) is 1.59. The van der Waals surface area contributed by atoms with Gasteiger partial charge in [-0.2, -0.15) is 0 Å². The summed E-state index contributed by atoms with van der Waals surface area (Å²) in [5, 5.41) is 9.05. The number of fused-ring (bicyclic) bond motifs is 2. The molecule has 0 aliphatic rings. The number of methoxy groups -OCH3 is 1. The number of benzene rings is 3. The molecule has 2 heterocycles. The molecule has 8 heteroatoms. The van der Waals surface area contributed by atoms with E-state index < -0.39 is 5.97 Å². The molecular formula is C25H19N3O5. The standard InChI is InChI=1S/C25H19N3O5/c1-31-17-12-10-16(11-13-17)25-27-26-22(33-25)15-32-23(29)14-28-20-8-4-2-6-18(20)24(30)19-7-3-5-9-21(19)28/h2-13H,14-15H2,1H3. The van der Waals surface area contributed by atoms with Crippen LogP contribution in [0.4, 0.5) is 0 Å².